The van der Waals surface area contributed by atoms with Gasteiger partial charge in [-0.3, -0.25) is 4.98 Å². The average Bonchev–Trinajstić information content (AvgIpc) is 3.08. The largest absolute Gasteiger partial charge is 0.494 e. The van der Waals surface area contributed by atoms with Gasteiger partial charge in [0.25, 0.3) is 0 Å². The van der Waals surface area contributed by atoms with Crippen LogP contribution in [0.1, 0.15) is 25.2 Å². The van der Waals surface area contributed by atoms with Crippen molar-refractivity contribution < 1.29 is 4.74 Å². The first-order valence-electron chi connectivity index (χ1n) is 11.8. The number of nitrogens with zero attached hydrogens (tertiary/aromatic N) is 6. The first kappa shape index (κ1) is 24.5. The summed E-state index contributed by atoms with van der Waals surface area (Å²) < 4.78 is 5.67. The highest BCUT2D eigenvalue weighted by Crippen LogP contribution is 2.43. The van der Waals surface area contributed by atoms with Gasteiger partial charge in [0.05, 0.1) is 35.6 Å². The number of fused-ring (bicyclic) bond motifs is 1. The number of benzene rings is 1. The zero-order valence-electron chi connectivity index (χ0n) is 21.8. The van der Waals surface area contributed by atoms with Crippen molar-refractivity contribution in [2.24, 2.45) is 0 Å². The lowest BCUT2D eigenvalue weighted by molar-refractivity contribution is 0.413. The fourth-order valence-corrected chi connectivity index (χ4v) is 4.36. The Morgan fingerprint density at radius 1 is 1.11 bits per heavy atom. The van der Waals surface area contributed by atoms with Crippen LogP contribution in [-0.4, -0.2) is 67.7 Å². The van der Waals surface area contributed by atoms with E-state index >= 15 is 0 Å². The number of hydrogen-bond donors (Lipinski definition) is 2. The summed E-state index contributed by atoms with van der Waals surface area (Å²) in [5.41, 5.74) is 11.8. The summed E-state index contributed by atoms with van der Waals surface area (Å²) >= 11 is 0. The summed E-state index contributed by atoms with van der Waals surface area (Å²) in [6.07, 6.45) is 1.76. The highest BCUT2D eigenvalue weighted by molar-refractivity contribution is 5.79. The van der Waals surface area contributed by atoms with Gasteiger partial charge in [-0.15, -0.1) is 0 Å². The Morgan fingerprint density at radius 3 is 2.60 bits per heavy atom. The SMILES string of the molecule is COc1cc(N(C)CCN(C)C)c(N)cc1Nc1nccc(N2CC(C)(C)c3nc(C)ccc32)n1. The maximum Gasteiger partial charge on any atom is 0.229 e. The van der Waals surface area contributed by atoms with Crippen molar-refractivity contribution in [1.82, 2.24) is 19.9 Å². The maximum atomic E-state index is 6.42. The first-order valence-corrected chi connectivity index (χ1v) is 11.8. The molecule has 0 unspecified atom stereocenters. The summed E-state index contributed by atoms with van der Waals surface area (Å²) in [6.45, 7) is 9.01. The summed E-state index contributed by atoms with van der Waals surface area (Å²) in [6, 6.07) is 9.90. The number of aryl methyl sites for hydroxylation is 1. The minimum absolute atomic E-state index is 0.0774. The minimum atomic E-state index is -0.0774. The van der Waals surface area contributed by atoms with Gasteiger partial charge < -0.3 is 30.5 Å². The topological polar surface area (TPSA) is 95.7 Å². The molecule has 0 atom stereocenters. The van der Waals surface area contributed by atoms with Crippen molar-refractivity contribution >= 4 is 34.5 Å². The second-order valence-corrected chi connectivity index (χ2v) is 9.99. The van der Waals surface area contributed by atoms with Crippen LogP contribution >= 0.6 is 0 Å². The average molecular weight is 477 g/mol. The van der Waals surface area contributed by atoms with E-state index in [9.17, 15) is 0 Å². The van der Waals surface area contributed by atoms with Crippen molar-refractivity contribution in [3.63, 3.8) is 0 Å². The second-order valence-electron chi connectivity index (χ2n) is 9.99. The molecule has 9 nitrogen and oxygen atoms in total. The Kier molecular flexibility index (Phi) is 6.71. The second kappa shape index (κ2) is 9.58. The molecule has 0 spiro atoms. The van der Waals surface area contributed by atoms with Gasteiger partial charge in [-0.25, -0.2) is 4.98 Å². The third kappa shape index (κ3) is 5.09. The van der Waals surface area contributed by atoms with Gasteiger partial charge in [-0.2, -0.15) is 4.98 Å². The molecule has 0 saturated carbocycles. The molecule has 35 heavy (non-hydrogen) atoms. The minimum Gasteiger partial charge on any atom is -0.494 e. The van der Waals surface area contributed by atoms with Crippen LogP contribution in [0.4, 0.5) is 34.5 Å². The number of likely N-dealkylation sites (N-methyl/N-ethyl adjacent to an activating group) is 2. The number of pyridine rings is 1. The number of ether oxygens (including phenoxy) is 1. The molecule has 0 fully saturated rings. The normalized spacial score (nSPS) is 14.2. The number of hydrogen-bond acceptors (Lipinski definition) is 9. The number of methoxy groups -OCH3 is 1. The molecule has 9 heteroatoms. The van der Waals surface area contributed by atoms with Gasteiger partial charge in [-0.05, 0) is 45.3 Å². The van der Waals surface area contributed by atoms with Gasteiger partial charge in [0.2, 0.25) is 5.95 Å². The Bertz CT molecular complexity index is 1210. The van der Waals surface area contributed by atoms with Crippen LogP contribution in [0, 0.1) is 6.92 Å². The van der Waals surface area contributed by atoms with E-state index in [1.807, 2.05) is 38.2 Å². The molecule has 0 amide bonds. The van der Waals surface area contributed by atoms with E-state index < -0.39 is 0 Å². The third-order valence-electron chi connectivity index (χ3n) is 6.30. The van der Waals surface area contributed by atoms with E-state index in [2.05, 4.69) is 59.0 Å². The summed E-state index contributed by atoms with van der Waals surface area (Å²) in [7, 11) is 7.78. The molecule has 1 aliphatic rings. The van der Waals surface area contributed by atoms with Crippen molar-refractivity contribution in [3.8, 4) is 5.75 Å². The van der Waals surface area contributed by atoms with Crippen LogP contribution in [0.5, 0.6) is 5.75 Å². The number of nitrogens with two attached hydrogens (primary N) is 1. The van der Waals surface area contributed by atoms with Crippen molar-refractivity contribution in [3.05, 3.63) is 47.9 Å². The fraction of sp³-hybridized carbons (Fsp3) is 0.423. The van der Waals surface area contributed by atoms with E-state index in [1.54, 1.807) is 13.3 Å². The molecule has 1 aliphatic heterocycles. The van der Waals surface area contributed by atoms with E-state index in [1.165, 1.54) is 0 Å². The number of nitrogen functional groups attached to an aromatic ring is 1. The van der Waals surface area contributed by atoms with Gasteiger partial charge in [-0.1, -0.05) is 13.8 Å². The van der Waals surface area contributed by atoms with Crippen molar-refractivity contribution in [2.45, 2.75) is 26.2 Å². The number of rotatable bonds is 8. The zero-order chi connectivity index (χ0) is 25.3. The van der Waals surface area contributed by atoms with E-state index in [4.69, 9.17) is 20.4 Å². The van der Waals surface area contributed by atoms with Crippen molar-refractivity contribution in [2.75, 3.05) is 68.7 Å². The van der Waals surface area contributed by atoms with Crippen LogP contribution in [0.25, 0.3) is 0 Å². The van der Waals surface area contributed by atoms with Gasteiger partial charge in [0.15, 0.2) is 0 Å². The van der Waals surface area contributed by atoms with Crippen LogP contribution < -0.4 is 25.6 Å². The van der Waals surface area contributed by atoms with Crippen LogP contribution in [0.15, 0.2) is 36.5 Å². The first-order chi connectivity index (χ1) is 16.6. The Balaban J connectivity index is 1.61. The molecule has 186 valence electrons. The quantitative estimate of drug-likeness (QED) is 0.469. The number of nitrogens with one attached hydrogen (secondary N) is 1. The molecule has 0 saturated heterocycles. The molecule has 4 rings (SSSR count). The van der Waals surface area contributed by atoms with Gasteiger partial charge in [0, 0.05) is 50.1 Å². The highest BCUT2D eigenvalue weighted by atomic mass is 16.5. The lowest BCUT2D eigenvalue weighted by atomic mass is 9.91. The molecular weight excluding hydrogens is 440 g/mol. The lowest BCUT2D eigenvalue weighted by Crippen LogP contribution is -2.29. The molecule has 2 aromatic heterocycles. The number of anilines is 6. The predicted molar refractivity (Wildman–Crippen MR) is 144 cm³/mol. The molecule has 0 bridgehead atoms. The monoisotopic (exact) mass is 476 g/mol. The molecule has 3 N–H and O–H groups in total. The summed E-state index contributed by atoms with van der Waals surface area (Å²) in [5.74, 6) is 1.96. The molecular formula is C26H36N8O. The van der Waals surface area contributed by atoms with Gasteiger partial charge in [0.1, 0.15) is 11.6 Å². The maximum absolute atomic E-state index is 6.42. The molecule has 1 aromatic carbocycles. The third-order valence-corrected chi connectivity index (χ3v) is 6.30. The van der Waals surface area contributed by atoms with Crippen LogP contribution in [0.3, 0.4) is 0 Å². The van der Waals surface area contributed by atoms with E-state index in [-0.39, 0.29) is 5.41 Å². The van der Waals surface area contributed by atoms with E-state index in [0.717, 1.165) is 48.2 Å². The Hall–Kier alpha value is -3.59. The lowest BCUT2D eigenvalue weighted by Gasteiger charge is -2.24. The predicted octanol–water partition coefficient (Wildman–Crippen LogP) is 3.94. The molecule has 3 heterocycles. The fourth-order valence-electron chi connectivity index (χ4n) is 4.36. The van der Waals surface area contributed by atoms with Crippen LogP contribution in [0.2, 0.25) is 0 Å². The molecule has 3 aromatic rings. The zero-order valence-corrected chi connectivity index (χ0v) is 21.8. The van der Waals surface area contributed by atoms with E-state index in [0.29, 0.717) is 23.1 Å². The Labute approximate surface area is 207 Å². The Morgan fingerprint density at radius 2 is 1.89 bits per heavy atom. The highest BCUT2D eigenvalue weighted by Gasteiger charge is 2.38. The van der Waals surface area contributed by atoms with Crippen LogP contribution in [-0.2, 0) is 5.41 Å². The summed E-state index contributed by atoms with van der Waals surface area (Å²) in [4.78, 5) is 20.5. The summed E-state index contributed by atoms with van der Waals surface area (Å²) in [5, 5.41) is 3.30. The standard InChI is InChI=1S/C26H36N8O/c1-17-8-9-20-24(29-17)26(2,3)16-34(20)23-10-11-28-25(31-23)30-19-14-18(27)21(15-22(19)35-7)33(6)13-12-32(4)5/h8-11,14-15H,12-13,16,27H2,1-7H3,(H,28,30,31). The molecule has 0 aliphatic carbocycles. The molecule has 0 radical (unpaired) electrons. The smallest absolute Gasteiger partial charge is 0.229 e. The number of aromatic nitrogens is 3. The van der Waals surface area contributed by atoms with Crippen molar-refractivity contribution in [1.29, 1.82) is 0 Å². The van der Waals surface area contributed by atoms with Gasteiger partial charge >= 0.3 is 0 Å².